The summed E-state index contributed by atoms with van der Waals surface area (Å²) in [6.45, 7) is 2.97. The van der Waals surface area contributed by atoms with Gasteiger partial charge in [-0.1, -0.05) is 19.8 Å². The number of unbranched alkanes of at least 4 members (excludes halogenated alkanes) is 2. The van der Waals surface area contributed by atoms with E-state index in [0.717, 1.165) is 25.8 Å². The molecule has 1 aromatic carbocycles. The van der Waals surface area contributed by atoms with Crippen LogP contribution in [0.1, 0.15) is 26.2 Å². The second-order valence-corrected chi connectivity index (χ2v) is 4.38. The van der Waals surface area contributed by atoms with Gasteiger partial charge in [-0.2, -0.15) is 0 Å². The molecule has 4 nitrogen and oxygen atoms in total. The van der Waals surface area contributed by atoms with Crippen molar-refractivity contribution in [3.8, 4) is 0 Å². The maximum Gasteiger partial charge on any atom is 0.253 e. The fourth-order valence-corrected chi connectivity index (χ4v) is 1.85. The maximum atomic E-state index is 11.5. The topological polar surface area (TPSA) is 40.6 Å². The van der Waals surface area contributed by atoms with E-state index in [4.69, 9.17) is 0 Å². The number of anilines is 2. The molecule has 0 saturated heterocycles. The van der Waals surface area contributed by atoms with E-state index >= 15 is 0 Å². The standard InChI is InChI=1S/C12H20N2O2/c1-5-6-7-8-14(4)10-9(13(2)3)11(15)12(10)16/h5-8H2,1-4H3. The molecule has 0 radical (unpaired) electrons. The summed E-state index contributed by atoms with van der Waals surface area (Å²) in [7, 11) is 5.46. The van der Waals surface area contributed by atoms with Crippen molar-refractivity contribution in [2.24, 2.45) is 0 Å². The second kappa shape index (κ2) is 5.14. The zero-order valence-corrected chi connectivity index (χ0v) is 10.5. The highest BCUT2D eigenvalue weighted by Crippen LogP contribution is 2.21. The van der Waals surface area contributed by atoms with Crippen LogP contribution in [0.2, 0.25) is 0 Å². The molecule has 0 aliphatic rings. The van der Waals surface area contributed by atoms with Crippen molar-refractivity contribution >= 4 is 11.4 Å². The summed E-state index contributed by atoms with van der Waals surface area (Å²) in [5, 5.41) is 0. The molecular formula is C12H20N2O2. The first-order chi connectivity index (χ1) is 7.50. The molecule has 0 amide bonds. The predicted octanol–water partition coefficient (Wildman–Crippen LogP) is 0.975. The Morgan fingerprint density at radius 2 is 1.50 bits per heavy atom. The van der Waals surface area contributed by atoms with Crippen LogP contribution in [0.25, 0.3) is 0 Å². The second-order valence-electron chi connectivity index (χ2n) is 4.38. The van der Waals surface area contributed by atoms with Gasteiger partial charge in [-0.3, -0.25) is 9.59 Å². The van der Waals surface area contributed by atoms with Gasteiger partial charge in [0.05, 0.1) is 0 Å². The normalized spacial score (nSPS) is 10.8. The third kappa shape index (κ3) is 2.26. The first-order valence-corrected chi connectivity index (χ1v) is 5.72. The van der Waals surface area contributed by atoms with Crippen molar-refractivity contribution in [1.29, 1.82) is 0 Å². The highest BCUT2D eigenvalue weighted by molar-refractivity contribution is 5.75. The van der Waals surface area contributed by atoms with Gasteiger partial charge in [0.15, 0.2) is 0 Å². The summed E-state index contributed by atoms with van der Waals surface area (Å²) in [6, 6.07) is 0. The van der Waals surface area contributed by atoms with Gasteiger partial charge in [0.25, 0.3) is 10.9 Å². The molecule has 1 rings (SSSR count). The van der Waals surface area contributed by atoms with E-state index in [9.17, 15) is 9.59 Å². The van der Waals surface area contributed by atoms with E-state index in [0.29, 0.717) is 11.4 Å². The van der Waals surface area contributed by atoms with E-state index in [-0.39, 0.29) is 10.9 Å². The highest BCUT2D eigenvalue weighted by Gasteiger charge is 2.24. The van der Waals surface area contributed by atoms with E-state index in [2.05, 4.69) is 6.92 Å². The average Bonchev–Trinajstić information content (AvgIpc) is 2.23. The minimum absolute atomic E-state index is 0.345. The minimum Gasteiger partial charge on any atom is -0.373 e. The number of nitrogens with zero attached hydrogens (tertiary/aromatic N) is 2. The van der Waals surface area contributed by atoms with Crippen LogP contribution >= 0.6 is 0 Å². The summed E-state index contributed by atoms with van der Waals surface area (Å²) in [4.78, 5) is 26.5. The van der Waals surface area contributed by atoms with Crippen molar-refractivity contribution in [2.75, 3.05) is 37.5 Å². The lowest BCUT2D eigenvalue weighted by Gasteiger charge is -2.26. The third-order valence-electron chi connectivity index (χ3n) is 2.79. The Morgan fingerprint density at radius 3 is 2.00 bits per heavy atom. The Hall–Kier alpha value is -1.32. The molecule has 0 saturated carbocycles. The molecule has 0 fully saturated rings. The van der Waals surface area contributed by atoms with E-state index < -0.39 is 0 Å². The monoisotopic (exact) mass is 224 g/mol. The lowest BCUT2D eigenvalue weighted by molar-refractivity contribution is 0.702. The van der Waals surface area contributed by atoms with Crippen molar-refractivity contribution in [1.82, 2.24) is 0 Å². The van der Waals surface area contributed by atoms with E-state index in [1.165, 1.54) is 0 Å². The largest absolute Gasteiger partial charge is 0.373 e. The quantitative estimate of drug-likeness (QED) is 0.533. The molecule has 1 aromatic rings. The Balaban J connectivity index is 2.76. The molecule has 90 valence electrons. The van der Waals surface area contributed by atoms with Crippen LogP contribution in [0.5, 0.6) is 0 Å². The zero-order valence-electron chi connectivity index (χ0n) is 10.5. The van der Waals surface area contributed by atoms with Crippen LogP contribution in [0.15, 0.2) is 9.59 Å². The molecule has 0 heterocycles. The van der Waals surface area contributed by atoms with Crippen molar-refractivity contribution in [2.45, 2.75) is 26.2 Å². The van der Waals surface area contributed by atoms with Crippen LogP contribution < -0.4 is 20.7 Å². The Labute approximate surface area is 96.2 Å². The molecule has 0 atom stereocenters. The number of hydrogen-bond donors (Lipinski definition) is 0. The fourth-order valence-electron chi connectivity index (χ4n) is 1.85. The predicted molar refractivity (Wildman–Crippen MR) is 68.5 cm³/mol. The van der Waals surface area contributed by atoms with Gasteiger partial charge in [-0.15, -0.1) is 0 Å². The summed E-state index contributed by atoms with van der Waals surface area (Å²) in [5.41, 5.74) is 0.417. The molecule has 0 spiro atoms. The molecule has 16 heavy (non-hydrogen) atoms. The summed E-state index contributed by atoms with van der Waals surface area (Å²) in [6.07, 6.45) is 3.36. The van der Waals surface area contributed by atoms with Gasteiger partial charge in [0, 0.05) is 27.7 Å². The van der Waals surface area contributed by atoms with Crippen LogP contribution in [0.3, 0.4) is 0 Å². The zero-order chi connectivity index (χ0) is 12.3. The van der Waals surface area contributed by atoms with E-state index in [1.807, 2.05) is 11.9 Å². The highest BCUT2D eigenvalue weighted by atomic mass is 16.2. The van der Waals surface area contributed by atoms with Gasteiger partial charge in [-0.05, 0) is 6.42 Å². The molecule has 0 aliphatic heterocycles. The fraction of sp³-hybridized carbons (Fsp3) is 0.667. The smallest absolute Gasteiger partial charge is 0.253 e. The summed E-state index contributed by atoms with van der Waals surface area (Å²) in [5.74, 6) is 0. The first-order valence-electron chi connectivity index (χ1n) is 5.72. The van der Waals surface area contributed by atoms with Crippen LogP contribution in [0, 0.1) is 0 Å². The average molecular weight is 224 g/mol. The Morgan fingerprint density at radius 1 is 0.938 bits per heavy atom. The summed E-state index contributed by atoms with van der Waals surface area (Å²) < 4.78 is 0. The third-order valence-corrected chi connectivity index (χ3v) is 2.79. The van der Waals surface area contributed by atoms with Crippen LogP contribution in [0.4, 0.5) is 11.4 Å². The van der Waals surface area contributed by atoms with Crippen molar-refractivity contribution in [3.05, 3.63) is 20.4 Å². The van der Waals surface area contributed by atoms with Gasteiger partial charge in [0.1, 0.15) is 11.4 Å². The molecule has 0 N–H and O–H groups in total. The molecular weight excluding hydrogens is 204 g/mol. The van der Waals surface area contributed by atoms with Gasteiger partial charge < -0.3 is 9.80 Å². The lowest BCUT2D eigenvalue weighted by Crippen LogP contribution is -2.43. The first kappa shape index (κ1) is 12.7. The molecule has 0 bridgehead atoms. The summed E-state index contributed by atoms with van der Waals surface area (Å²) >= 11 is 0. The maximum absolute atomic E-state index is 11.5. The lowest BCUT2D eigenvalue weighted by atomic mass is 10.1. The van der Waals surface area contributed by atoms with Crippen LogP contribution in [-0.2, 0) is 0 Å². The number of hydrogen-bond acceptors (Lipinski definition) is 4. The molecule has 0 aliphatic carbocycles. The molecule has 0 aromatic heterocycles. The van der Waals surface area contributed by atoms with Crippen molar-refractivity contribution < 1.29 is 0 Å². The van der Waals surface area contributed by atoms with Gasteiger partial charge >= 0.3 is 0 Å². The van der Waals surface area contributed by atoms with Crippen LogP contribution in [-0.4, -0.2) is 27.7 Å². The van der Waals surface area contributed by atoms with Gasteiger partial charge in [-0.25, -0.2) is 0 Å². The Kier molecular flexibility index (Phi) is 4.10. The number of rotatable bonds is 6. The molecule has 4 heteroatoms. The van der Waals surface area contributed by atoms with Gasteiger partial charge in [0.2, 0.25) is 0 Å². The van der Waals surface area contributed by atoms with E-state index in [1.54, 1.807) is 19.0 Å². The Bertz CT molecular complexity index is 417. The SMILES string of the molecule is CCCCCN(C)c1c(N(C)C)c(=O)c1=O. The minimum atomic E-state index is -0.359. The van der Waals surface area contributed by atoms with Crippen molar-refractivity contribution in [3.63, 3.8) is 0 Å². The molecule has 0 unspecified atom stereocenters.